The van der Waals surface area contributed by atoms with Crippen LogP contribution in [0.3, 0.4) is 0 Å². The van der Waals surface area contributed by atoms with Crippen LogP contribution in [-0.4, -0.2) is 17.9 Å². The first kappa shape index (κ1) is 12.9. The molecule has 0 bridgehead atoms. The maximum Gasteiger partial charge on any atom is 0.124 e. The molecule has 2 atom stereocenters. The van der Waals surface area contributed by atoms with Crippen molar-refractivity contribution >= 4 is 11.5 Å². The minimum Gasteiger partial charge on any atom is -0.384 e. The standard InChI is InChI=1S/C15H23N3/c1-4-12-7-6-11(3)18(12)14-9-10(2)5-8-13(14)15(16)17/h5,8-9,11-12H,4,6-7H2,1-3H3,(H3,16,17). The molecule has 1 aliphatic rings. The van der Waals surface area contributed by atoms with Gasteiger partial charge in [-0.25, -0.2) is 0 Å². The first-order valence-corrected chi connectivity index (χ1v) is 6.78. The van der Waals surface area contributed by atoms with Crippen molar-refractivity contribution in [2.24, 2.45) is 5.73 Å². The van der Waals surface area contributed by atoms with Crippen molar-refractivity contribution in [3.8, 4) is 0 Å². The molecule has 0 aliphatic carbocycles. The Kier molecular flexibility index (Phi) is 3.60. The van der Waals surface area contributed by atoms with E-state index in [1.165, 1.54) is 18.4 Å². The first-order chi connectivity index (χ1) is 8.54. The van der Waals surface area contributed by atoms with E-state index in [9.17, 15) is 0 Å². The molecule has 3 nitrogen and oxygen atoms in total. The zero-order valence-corrected chi connectivity index (χ0v) is 11.5. The summed E-state index contributed by atoms with van der Waals surface area (Å²) in [6, 6.07) is 7.29. The molecular formula is C15H23N3. The van der Waals surface area contributed by atoms with Crippen molar-refractivity contribution in [2.75, 3.05) is 4.90 Å². The van der Waals surface area contributed by atoms with Crippen LogP contribution < -0.4 is 10.6 Å². The quantitative estimate of drug-likeness (QED) is 0.635. The third-order valence-corrected chi connectivity index (χ3v) is 3.98. The normalized spacial score (nSPS) is 23.4. The van der Waals surface area contributed by atoms with Crippen LogP contribution in [0.4, 0.5) is 5.69 Å². The van der Waals surface area contributed by atoms with E-state index in [1.54, 1.807) is 0 Å². The highest BCUT2D eigenvalue weighted by molar-refractivity contribution is 6.00. The van der Waals surface area contributed by atoms with Gasteiger partial charge in [0.2, 0.25) is 0 Å². The van der Waals surface area contributed by atoms with E-state index in [1.807, 2.05) is 12.1 Å². The smallest absolute Gasteiger partial charge is 0.124 e. The van der Waals surface area contributed by atoms with Crippen LogP contribution in [0.15, 0.2) is 18.2 Å². The number of nitrogens with two attached hydrogens (primary N) is 1. The van der Waals surface area contributed by atoms with E-state index < -0.39 is 0 Å². The Morgan fingerprint density at radius 3 is 2.78 bits per heavy atom. The number of hydrogen-bond donors (Lipinski definition) is 2. The molecule has 2 rings (SSSR count). The summed E-state index contributed by atoms with van der Waals surface area (Å²) < 4.78 is 0. The minimum atomic E-state index is 0.166. The monoisotopic (exact) mass is 245 g/mol. The van der Waals surface area contributed by atoms with Gasteiger partial charge in [0.15, 0.2) is 0 Å². The van der Waals surface area contributed by atoms with Gasteiger partial charge in [0.05, 0.1) is 0 Å². The van der Waals surface area contributed by atoms with Crippen molar-refractivity contribution in [2.45, 2.75) is 52.1 Å². The Bertz CT molecular complexity index is 453. The molecule has 0 aromatic heterocycles. The zero-order valence-electron chi connectivity index (χ0n) is 11.5. The summed E-state index contributed by atoms with van der Waals surface area (Å²) >= 11 is 0. The summed E-state index contributed by atoms with van der Waals surface area (Å²) in [6.07, 6.45) is 3.61. The van der Waals surface area contributed by atoms with Gasteiger partial charge in [-0.05, 0) is 50.8 Å². The molecule has 0 spiro atoms. The highest BCUT2D eigenvalue weighted by Crippen LogP contribution is 2.34. The minimum absolute atomic E-state index is 0.166. The number of anilines is 1. The van der Waals surface area contributed by atoms with Gasteiger partial charge in [0, 0.05) is 23.3 Å². The number of nitrogens with one attached hydrogen (secondary N) is 1. The third kappa shape index (κ3) is 2.22. The lowest BCUT2D eigenvalue weighted by Gasteiger charge is -2.32. The molecule has 0 amide bonds. The SMILES string of the molecule is CCC1CCC(C)N1c1cc(C)ccc1C(=N)N. The summed E-state index contributed by atoms with van der Waals surface area (Å²) in [5.41, 5.74) is 8.95. The molecule has 1 saturated heterocycles. The second-order valence-electron chi connectivity index (χ2n) is 5.33. The van der Waals surface area contributed by atoms with Crippen LogP contribution in [-0.2, 0) is 0 Å². The topological polar surface area (TPSA) is 53.1 Å². The summed E-state index contributed by atoms with van der Waals surface area (Å²) in [5.74, 6) is 0.166. The van der Waals surface area contributed by atoms with Crippen LogP contribution in [0.25, 0.3) is 0 Å². The number of benzene rings is 1. The van der Waals surface area contributed by atoms with Crippen molar-refractivity contribution < 1.29 is 0 Å². The fourth-order valence-electron chi connectivity index (χ4n) is 2.99. The number of aryl methyl sites for hydroxylation is 1. The molecule has 1 aromatic rings. The molecule has 98 valence electrons. The summed E-state index contributed by atoms with van der Waals surface area (Å²) in [4.78, 5) is 2.46. The zero-order chi connectivity index (χ0) is 13.3. The lowest BCUT2D eigenvalue weighted by Crippen LogP contribution is -2.35. The summed E-state index contributed by atoms with van der Waals surface area (Å²) in [5, 5.41) is 7.75. The number of rotatable bonds is 3. The van der Waals surface area contributed by atoms with Crippen molar-refractivity contribution in [3.63, 3.8) is 0 Å². The van der Waals surface area contributed by atoms with Crippen molar-refractivity contribution in [3.05, 3.63) is 29.3 Å². The van der Waals surface area contributed by atoms with Gasteiger partial charge in [-0.2, -0.15) is 0 Å². The Morgan fingerprint density at radius 1 is 1.44 bits per heavy atom. The molecular weight excluding hydrogens is 222 g/mol. The molecule has 3 N–H and O–H groups in total. The fraction of sp³-hybridized carbons (Fsp3) is 0.533. The van der Waals surface area contributed by atoms with Gasteiger partial charge in [-0.15, -0.1) is 0 Å². The Morgan fingerprint density at radius 2 is 2.17 bits per heavy atom. The number of nitrogen functional groups attached to an aromatic ring is 1. The van der Waals surface area contributed by atoms with Gasteiger partial charge >= 0.3 is 0 Å². The maximum atomic E-state index is 7.75. The van der Waals surface area contributed by atoms with E-state index in [4.69, 9.17) is 11.1 Å². The molecule has 2 unspecified atom stereocenters. The average molecular weight is 245 g/mol. The van der Waals surface area contributed by atoms with Gasteiger partial charge in [-0.1, -0.05) is 13.0 Å². The highest BCUT2D eigenvalue weighted by Gasteiger charge is 2.31. The molecule has 3 heteroatoms. The number of hydrogen-bond acceptors (Lipinski definition) is 2. The maximum absolute atomic E-state index is 7.75. The second kappa shape index (κ2) is 5.01. The molecule has 1 fully saturated rings. The van der Waals surface area contributed by atoms with Crippen molar-refractivity contribution in [1.29, 1.82) is 5.41 Å². The molecule has 1 aromatic carbocycles. The first-order valence-electron chi connectivity index (χ1n) is 6.78. The Hall–Kier alpha value is -1.51. The van der Waals surface area contributed by atoms with Crippen LogP contribution in [0.5, 0.6) is 0 Å². The lowest BCUT2D eigenvalue weighted by molar-refractivity contribution is 0.627. The molecule has 0 radical (unpaired) electrons. The van der Waals surface area contributed by atoms with Crippen LogP contribution >= 0.6 is 0 Å². The largest absolute Gasteiger partial charge is 0.384 e. The lowest BCUT2D eigenvalue weighted by atomic mass is 10.1. The van der Waals surface area contributed by atoms with E-state index in [-0.39, 0.29) is 5.84 Å². The molecule has 0 saturated carbocycles. The van der Waals surface area contributed by atoms with Gasteiger partial charge in [0.1, 0.15) is 5.84 Å². The molecule has 1 heterocycles. The average Bonchev–Trinajstić information content (AvgIpc) is 2.69. The van der Waals surface area contributed by atoms with Gasteiger partial charge in [-0.3, -0.25) is 5.41 Å². The summed E-state index contributed by atoms with van der Waals surface area (Å²) in [6.45, 7) is 6.59. The van der Waals surface area contributed by atoms with E-state index >= 15 is 0 Å². The van der Waals surface area contributed by atoms with E-state index in [0.29, 0.717) is 12.1 Å². The third-order valence-electron chi connectivity index (χ3n) is 3.98. The van der Waals surface area contributed by atoms with Gasteiger partial charge in [0.25, 0.3) is 0 Å². The second-order valence-corrected chi connectivity index (χ2v) is 5.33. The van der Waals surface area contributed by atoms with Crippen LogP contribution in [0.1, 0.15) is 44.2 Å². The van der Waals surface area contributed by atoms with Gasteiger partial charge < -0.3 is 10.6 Å². The number of amidine groups is 1. The van der Waals surface area contributed by atoms with Crippen molar-refractivity contribution in [1.82, 2.24) is 0 Å². The predicted octanol–water partition coefficient (Wildman–Crippen LogP) is 3.05. The van der Waals surface area contributed by atoms with Crippen LogP contribution in [0.2, 0.25) is 0 Å². The fourth-order valence-corrected chi connectivity index (χ4v) is 2.99. The van der Waals surface area contributed by atoms with E-state index in [0.717, 1.165) is 17.7 Å². The number of nitrogens with zero attached hydrogens (tertiary/aromatic N) is 1. The summed E-state index contributed by atoms with van der Waals surface area (Å²) in [7, 11) is 0. The van der Waals surface area contributed by atoms with Crippen LogP contribution in [0, 0.1) is 12.3 Å². The molecule has 1 aliphatic heterocycles. The highest BCUT2D eigenvalue weighted by atomic mass is 15.2. The predicted molar refractivity (Wildman–Crippen MR) is 77.4 cm³/mol. The molecule has 18 heavy (non-hydrogen) atoms. The van der Waals surface area contributed by atoms with E-state index in [2.05, 4.69) is 31.7 Å². The Balaban J connectivity index is 2.48. The Labute approximate surface area is 109 Å².